The fourth-order valence-electron chi connectivity index (χ4n) is 17.8. The van der Waals surface area contributed by atoms with Crippen molar-refractivity contribution in [3.05, 3.63) is 134 Å². The van der Waals surface area contributed by atoms with Crippen molar-refractivity contribution in [3.63, 3.8) is 0 Å². The van der Waals surface area contributed by atoms with E-state index in [1.165, 1.54) is 96.3 Å². The van der Waals surface area contributed by atoms with Crippen LogP contribution >= 0.6 is 0 Å². The first-order valence-corrected chi connectivity index (χ1v) is 38.6. The molecule has 13 rings (SSSR count). The average Bonchev–Trinajstić information content (AvgIpc) is 1.61. The van der Waals surface area contributed by atoms with E-state index in [0.29, 0.717) is 36.8 Å². The maximum absolute atomic E-state index is 8.85. The van der Waals surface area contributed by atoms with Crippen LogP contribution < -0.4 is 0 Å². The molecular formula is C93H176O4Pd5-12. The van der Waals surface area contributed by atoms with Crippen molar-refractivity contribution in [2.75, 3.05) is 27.9 Å². The molecule has 0 radical (unpaired) electrons. The third kappa shape index (κ3) is 38.8. The predicted molar refractivity (Wildman–Crippen MR) is 440 cm³/mol. The maximum Gasteiger partial charge on any atom is 2.00 e. The number of aliphatic hydroxyl groups excluding tert-OH is 1. The molecule has 14 unspecified atom stereocenters. The summed E-state index contributed by atoms with van der Waals surface area (Å²) in [5.74, 6) is 22.3. The zero-order valence-electron chi connectivity index (χ0n) is 72.9. The van der Waals surface area contributed by atoms with Crippen LogP contribution in [0.1, 0.15) is 267 Å². The number of fused-ring (bicyclic) bond motifs is 12. The molecule has 0 aliphatic heterocycles. The van der Waals surface area contributed by atoms with E-state index in [9.17, 15) is 0 Å². The van der Waals surface area contributed by atoms with Gasteiger partial charge in [-0.25, -0.2) is 0 Å². The third-order valence-electron chi connectivity index (χ3n) is 26.6. The summed E-state index contributed by atoms with van der Waals surface area (Å²) in [6, 6.07) is 0. The van der Waals surface area contributed by atoms with Gasteiger partial charge in [0.05, 0.1) is 0 Å². The van der Waals surface area contributed by atoms with Crippen molar-refractivity contribution >= 4 is 0 Å². The second-order valence-electron chi connectivity index (χ2n) is 31.5. The van der Waals surface area contributed by atoms with Gasteiger partial charge in [-0.2, -0.15) is 30.1 Å². The largest absolute Gasteiger partial charge is 2.00 e. The van der Waals surface area contributed by atoms with Gasteiger partial charge in [-0.3, -0.25) is 31.4 Å². The number of hydrogen-bond donors (Lipinski definition) is 1. The Kier molecular flexibility index (Phi) is 87.4. The smallest absolute Gasteiger partial charge is 0.499 e. The van der Waals surface area contributed by atoms with Crippen molar-refractivity contribution in [2.24, 2.45) is 154 Å². The first kappa shape index (κ1) is 128. The number of aliphatic hydroxyl groups is 1. The Morgan fingerprint density at radius 3 is 0.902 bits per heavy atom. The summed E-state index contributed by atoms with van der Waals surface area (Å²) in [5, 5.41) is 8.85. The minimum atomic E-state index is 0. The van der Waals surface area contributed by atoms with Crippen LogP contribution in [0.4, 0.5) is 0 Å². The van der Waals surface area contributed by atoms with Gasteiger partial charge in [0.25, 0.3) is 0 Å². The minimum Gasteiger partial charge on any atom is -0.499 e. The fourth-order valence-corrected chi connectivity index (χ4v) is 17.8. The molecule has 0 amide bonds. The predicted octanol–water partition coefficient (Wildman–Crippen LogP) is 27.2. The maximum atomic E-state index is 8.85. The summed E-state index contributed by atoms with van der Waals surface area (Å²) in [7, 11) is 5.46. The number of methoxy groups -OCH3 is 3. The molecule has 0 aromatic heterocycles. The standard InChI is InChI=1S/2C11H14O.3C10H20.C9H15O.C8H11O.C5H10.2C4H10.C3H8.8CH3.5Pd/c2*1-12-11-6-7-5-10(11)9-4-2-3-8(7)9;3*1-6-7(2)9(4)10(5)8(6)3;10-8-9-6-4-2-1-3-5-7-9;1-9-8-5-6-2-3-7(8)4-6;1-2-4-5-3-1;2*1-3-4-2;1-3-2;;;;;;;;;;;;;/h2*2,6-11H,4-5H2,1H3;3*6-10H,1-5H3;1-2,7,9-10H,3-6,8H2;2-3,5-8H,4H2,1H3;1-5H2;2*3-4H2,1-2H3;3H2,1-2H3;8*1H3;;;;;/q2*-2;;;;2*-1;;;;;8*-1;;;;;+2/b;;;;;2-1-;;;;;;;;;;;;;;;;;;. The van der Waals surface area contributed by atoms with Gasteiger partial charge in [-0.05, 0) is 113 Å². The van der Waals surface area contributed by atoms with Crippen LogP contribution in [0.2, 0.25) is 0 Å². The molecule has 9 fully saturated rings. The summed E-state index contributed by atoms with van der Waals surface area (Å²) in [6.07, 6.45) is 56.1. The minimum absolute atomic E-state index is 0. The van der Waals surface area contributed by atoms with Crippen molar-refractivity contribution in [1.82, 2.24) is 0 Å². The van der Waals surface area contributed by atoms with Crippen LogP contribution in [0.5, 0.6) is 0 Å². The Labute approximate surface area is 716 Å². The van der Waals surface area contributed by atoms with Crippen molar-refractivity contribution in [3.8, 4) is 0 Å². The summed E-state index contributed by atoms with van der Waals surface area (Å²) in [6.45, 7) is 49.3. The van der Waals surface area contributed by atoms with E-state index in [1.54, 1.807) is 7.11 Å². The number of rotatable bonds is 6. The van der Waals surface area contributed by atoms with Crippen molar-refractivity contribution in [1.29, 1.82) is 0 Å². The Morgan fingerprint density at radius 1 is 0.392 bits per heavy atom. The molecule has 1 N–H and O–H groups in total. The molecule has 6 bridgehead atoms. The van der Waals surface area contributed by atoms with Gasteiger partial charge in [0.1, 0.15) is 0 Å². The molecule has 0 spiro atoms. The Hall–Kier alpha value is 2.11. The molecule has 102 heavy (non-hydrogen) atoms. The zero-order chi connectivity index (χ0) is 66.5. The van der Waals surface area contributed by atoms with Crippen LogP contribution in [0.3, 0.4) is 0 Å². The Balaban J connectivity index is -0.0000000997. The van der Waals surface area contributed by atoms with Crippen LogP contribution in [0.25, 0.3) is 0 Å². The summed E-state index contributed by atoms with van der Waals surface area (Å²) in [5.41, 5.74) is 0. The summed E-state index contributed by atoms with van der Waals surface area (Å²) in [4.78, 5) is 0. The number of allylic oxidation sites excluding steroid dienone is 7. The number of hydrogen-bond acceptors (Lipinski definition) is 4. The number of ether oxygens (including phenoxy) is 3. The quantitative estimate of drug-likeness (QED) is 0.164. The molecule has 9 heteroatoms. The molecule has 14 atom stereocenters. The molecule has 9 saturated carbocycles. The summed E-state index contributed by atoms with van der Waals surface area (Å²) < 4.78 is 16.2. The first-order valence-electron chi connectivity index (χ1n) is 38.6. The Bertz CT molecular complexity index is 1650. The molecule has 13 aliphatic rings. The monoisotopic (exact) mass is 1890 g/mol. The van der Waals surface area contributed by atoms with E-state index in [0.717, 1.165) is 168 Å². The summed E-state index contributed by atoms with van der Waals surface area (Å²) >= 11 is 0. The molecule has 13 aliphatic carbocycles. The van der Waals surface area contributed by atoms with Gasteiger partial charge in [0.15, 0.2) is 0 Å². The van der Waals surface area contributed by atoms with Crippen LogP contribution in [0.15, 0.2) is 36.5 Å². The van der Waals surface area contributed by atoms with E-state index in [4.69, 9.17) is 19.3 Å². The van der Waals surface area contributed by atoms with Crippen molar-refractivity contribution in [2.45, 2.75) is 286 Å². The SMILES string of the molecule is C1CCCC1.CC1C(C)C(C)C(C)C1C.CC1C(C)C(C)C(C)C1C.CC1C(C)C(C)C(C)C1C.CCC.CCCC.CCCC.COC1[CH-]C2C=CC1C2.COC1[CH-]C2CC1C1CC=[C-]C21.COC1[CH-]C2CC1C1CC=[C-]C21.OCC1[CH-]CC/C=C\CC1.[CH3-].[CH3-].[CH3-].[CH3-].[CH3-].[CH3-].[CH3-].[CH3-].[Pd+2].[Pd].[Pd].[Pd].[Pd]. The van der Waals surface area contributed by atoms with Crippen molar-refractivity contribution < 1.29 is 121 Å². The number of unbranched alkanes of at least 4 members (excludes halogenated alkanes) is 2. The van der Waals surface area contributed by atoms with Gasteiger partial charge < -0.3 is 97.3 Å². The first-order chi connectivity index (χ1) is 42.5. The topological polar surface area (TPSA) is 47.9 Å². The normalized spacial score (nSPS) is 38.3. The van der Waals surface area contributed by atoms with Gasteiger partial charge >= 0.3 is 20.4 Å². The molecule has 0 aromatic carbocycles. The second kappa shape index (κ2) is 69.8. The van der Waals surface area contributed by atoms with Gasteiger partial charge in [0, 0.05) is 110 Å². The Morgan fingerprint density at radius 2 is 0.676 bits per heavy atom. The second-order valence-corrected chi connectivity index (χ2v) is 31.5. The van der Waals surface area contributed by atoms with E-state index in [1.807, 2.05) is 14.2 Å². The van der Waals surface area contributed by atoms with Gasteiger partial charge in [-0.1, -0.05) is 303 Å². The van der Waals surface area contributed by atoms with Gasteiger partial charge in [0.2, 0.25) is 0 Å². The molecule has 0 aromatic rings. The molecular weight excluding hydrogens is 1710 g/mol. The molecule has 634 valence electrons. The van der Waals surface area contributed by atoms with Crippen LogP contribution in [-0.2, 0) is 116 Å². The van der Waals surface area contributed by atoms with E-state index >= 15 is 0 Å². The molecule has 0 heterocycles. The zero-order valence-corrected chi connectivity index (χ0v) is 80.7. The average molecular weight is 1890 g/mol. The molecule has 4 nitrogen and oxygen atoms in total. The van der Waals surface area contributed by atoms with Crippen LogP contribution in [-0.4, -0.2) is 51.4 Å². The van der Waals surface area contributed by atoms with Crippen LogP contribution in [0, 0.1) is 251 Å². The third-order valence-corrected chi connectivity index (χ3v) is 26.6. The fraction of sp³-hybridized carbons (Fsp3) is 0.785. The van der Waals surface area contributed by atoms with E-state index < -0.39 is 0 Å². The molecule has 0 saturated heterocycles. The van der Waals surface area contributed by atoms with Gasteiger partial charge in [-0.15, -0.1) is 17.9 Å². The van der Waals surface area contributed by atoms with E-state index in [-0.39, 0.29) is 162 Å². The van der Waals surface area contributed by atoms with E-state index in [2.05, 4.69) is 220 Å².